The van der Waals surface area contributed by atoms with E-state index in [1.807, 2.05) is 6.92 Å². The lowest BCUT2D eigenvalue weighted by Crippen LogP contribution is -2.11. The highest BCUT2D eigenvalue weighted by atomic mass is 127. The van der Waals surface area contributed by atoms with Crippen LogP contribution in [-0.2, 0) is 6.42 Å². The van der Waals surface area contributed by atoms with Gasteiger partial charge in [0.1, 0.15) is 5.82 Å². The number of unbranched alkanes of at least 4 members (excludes halogenated alkanes) is 2. The van der Waals surface area contributed by atoms with Crippen LogP contribution in [0.3, 0.4) is 0 Å². The summed E-state index contributed by atoms with van der Waals surface area (Å²) >= 11 is 2.31. The summed E-state index contributed by atoms with van der Waals surface area (Å²) in [6, 6.07) is 8.45. The van der Waals surface area contributed by atoms with Gasteiger partial charge >= 0.3 is 0 Å². The van der Waals surface area contributed by atoms with Gasteiger partial charge in [-0.25, -0.2) is 4.98 Å². The van der Waals surface area contributed by atoms with Gasteiger partial charge in [0.05, 0.1) is 0 Å². The van der Waals surface area contributed by atoms with E-state index >= 15 is 0 Å². The molecule has 2 rings (SSSR count). The number of nitrogen functional groups attached to an aromatic ring is 1. The topological polar surface area (TPSA) is 63.8 Å². The van der Waals surface area contributed by atoms with Gasteiger partial charge in [0.25, 0.3) is 0 Å². The standard InChI is InChI=1S/C17H23IN4/c1-3-4-5-10-20-17-21-12(2)15(16(19)22-17)11-13-6-8-14(18)9-7-13/h6-9H,3-5,10-11H2,1-2H3,(H3,19,20,21,22). The molecule has 0 amide bonds. The Morgan fingerprint density at radius 3 is 2.50 bits per heavy atom. The second kappa shape index (κ2) is 8.31. The third kappa shape index (κ3) is 4.83. The van der Waals surface area contributed by atoms with Crippen LogP contribution in [0.5, 0.6) is 0 Å². The number of halogens is 1. The van der Waals surface area contributed by atoms with Gasteiger partial charge in [-0.05, 0) is 53.6 Å². The highest BCUT2D eigenvalue weighted by molar-refractivity contribution is 14.1. The molecule has 0 aliphatic heterocycles. The average molecular weight is 410 g/mol. The number of aromatic nitrogens is 2. The second-order valence-corrected chi connectivity index (χ2v) is 6.68. The Balaban J connectivity index is 2.07. The zero-order valence-corrected chi connectivity index (χ0v) is 15.4. The van der Waals surface area contributed by atoms with Crippen molar-refractivity contribution in [1.82, 2.24) is 9.97 Å². The molecule has 0 fully saturated rings. The molecule has 1 aromatic heterocycles. The van der Waals surface area contributed by atoms with E-state index in [1.54, 1.807) is 0 Å². The second-order valence-electron chi connectivity index (χ2n) is 5.43. The fourth-order valence-corrected chi connectivity index (χ4v) is 2.66. The van der Waals surface area contributed by atoms with E-state index in [2.05, 4.69) is 69.1 Å². The lowest BCUT2D eigenvalue weighted by Gasteiger charge is -2.12. The zero-order valence-electron chi connectivity index (χ0n) is 13.2. The van der Waals surface area contributed by atoms with Crippen molar-refractivity contribution in [3.8, 4) is 0 Å². The monoisotopic (exact) mass is 410 g/mol. The fraction of sp³-hybridized carbons (Fsp3) is 0.412. The lowest BCUT2D eigenvalue weighted by molar-refractivity contribution is 0.740. The van der Waals surface area contributed by atoms with E-state index in [4.69, 9.17) is 5.73 Å². The molecule has 0 bridgehead atoms. The van der Waals surface area contributed by atoms with Gasteiger partial charge < -0.3 is 11.1 Å². The molecule has 0 saturated heterocycles. The van der Waals surface area contributed by atoms with E-state index in [-0.39, 0.29) is 0 Å². The quantitative estimate of drug-likeness (QED) is 0.532. The highest BCUT2D eigenvalue weighted by Gasteiger charge is 2.10. The number of nitrogens with two attached hydrogens (primary N) is 1. The van der Waals surface area contributed by atoms with Gasteiger partial charge in [0.2, 0.25) is 5.95 Å². The third-order valence-electron chi connectivity index (χ3n) is 3.60. The summed E-state index contributed by atoms with van der Waals surface area (Å²) in [6.07, 6.45) is 4.32. The minimum absolute atomic E-state index is 0.573. The van der Waals surface area contributed by atoms with E-state index in [1.165, 1.54) is 22.0 Å². The molecule has 0 atom stereocenters. The number of benzene rings is 1. The number of nitrogens with one attached hydrogen (secondary N) is 1. The van der Waals surface area contributed by atoms with Crippen LogP contribution in [0.1, 0.15) is 43.0 Å². The number of nitrogens with zero attached hydrogens (tertiary/aromatic N) is 2. The van der Waals surface area contributed by atoms with Gasteiger partial charge in [-0.15, -0.1) is 0 Å². The smallest absolute Gasteiger partial charge is 0.224 e. The first-order chi connectivity index (χ1) is 10.6. The first kappa shape index (κ1) is 17.0. The summed E-state index contributed by atoms with van der Waals surface area (Å²) < 4.78 is 1.23. The molecule has 0 aliphatic rings. The van der Waals surface area contributed by atoms with Crippen molar-refractivity contribution in [3.05, 3.63) is 44.7 Å². The fourth-order valence-electron chi connectivity index (χ4n) is 2.30. The summed E-state index contributed by atoms with van der Waals surface area (Å²) in [5, 5.41) is 3.26. The molecule has 0 aliphatic carbocycles. The predicted octanol–water partition coefficient (Wildman–Crippen LogP) is 4.16. The van der Waals surface area contributed by atoms with Crippen LogP contribution < -0.4 is 11.1 Å². The number of aryl methyl sites for hydroxylation is 1. The van der Waals surface area contributed by atoms with E-state index in [0.29, 0.717) is 11.8 Å². The maximum Gasteiger partial charge on any atom is 0.224 e. The molecule has 0 spiro atoms. The van der Waals surface area contributed by atoms with Crippen molar-refractivity contribution in [1.29, 1.82) is 0 Å². The van der Waals surface area contributed by atoms with Crippen LogP contribution in [0.25, 0.3) is 0 Å². The van der Waals surface area contributed by atoms with Crippen LogP contribution >= 0.6 is 22.6 Å². The molecule has 3 N–H and O–H groups in total. The van der Waals surface area contributed by atoms with Crippen molar-refractivity contribution in [2.24, 2.45) is 0 Å². The zero-order chi connectivity index (χ0) is 15.9. The maximum atomic E-state index is 6.14. The normalized spacial score (nSPS) is 10.7. The molecule has 5 heteroatoms. The van der Waals surface area contributed by atoms with Crippen LogP contribution in [0, 0.1) is 10.5 Å². The van der Waals surface area contributed by atoms with Crippen molar-refractivity contribution >= 4 is 34.4 Å². The minimum Gasteiger partial charge on any atom is -0.383 e. The molecule has 1 aromatic carbocycles. The molecule has 0 unspecified atom stereocenters. The summed E-state index contributed by atoms with van der Waals surface area (Å²) in [6.45, 7) is 5.08. The predicted molar refractivity (Wildman–Crippen MR) is 101 cm³/mol. The molecule has 4 nitrogen and oxygen atoms in total. The van der Waals surface area contributed by atoms with Crippen LogP contribution in [0.15, 0.2) is 24.3 Å². The van der Waals surface area contributed by atoms with Crippen molar-refractivity contribution < 1.29 is 0 Å². The van der Waals surface area contributed by atoms with Crippen molar-refractivity contribution in [2.45, 2.75) is 39.5 Å². The molecule has 0 radical (unpaired) electrons. The van der Waals surface area contributed by atoms with Crippen LogP contribution in [0.2, 0.25) is 0 Å². The molecular formula is C17H23IN4. The van der Waals surface area contributed by atoms with Gasteiger partial charge in [0.15, 0.2) is 0 Å². The van der Waals surface area contributed by atoms with Gasteiger partial charge in [-0.2, -0.15) is 4.98 Å². The average Bonchev–Trinajstić information content (AvgIpc) is 2.49. The van der Waals surface area contributed by atoms with Crippen molar-refractivity contribution in [2.75, 3.05) is 17.6 Å². The van der Waals surface area contributed by atoms with E-state index < -0.39 is 0 Å². The molecule has 22 heavy (non-hydrogen) atoms. The number of hydrogen-bond donors (Lipinski definition) is 2. The largest absolute Gasteiger partial charge is 0.383 e. The molecular weight excluding hydrogens is 387 g/mol. The number of hydrogen-bond acceptors (Lipinski definition) is 4. The lowest BCUT2D eigenvalue weighted by atomic mass is 10.0. The van der Waals surface area contributed by atoms with E-state index in [9.17, 15) is 0 Å². The molecule has 2 aromatic rings. The SMILES string of the molecule is CCCCCNc1nc(C)c(Cc2ccc(I)cc2)c(N)n1. The molecule has 0 saturated carbocycles. The third-order valence-corrected chi connectivity index (χ3v) is 4.32. The molecule has 1 heterocycles. The highest BCUT2D eigenvalue weighted by Crippen LogP contribution is 2.20. The van der Waals surface area contributed by atoms with Gasteiger partial charge in [-0.1, -0.05) is 31.9 Å². The van der Waals surface area contributed by atoms with E-state index in [0.717, 1.165) is 30.6 Å². The van der Waals surface area contributed by atoms with Gasteiger partial charge in [0, 0.05) is 27.8 Å². The Kier molecular flexibility index (Phi) is 6.42. The number of anilines is 2. The van der Waals surface area contributed by atoms with Crippen molar-refractivity contribution in [3.63, 3.8) is 0 Å². The summed E-state index contributed by atoms with van der Waals surface area (Å²) in [7, 11) is 0. The Morgan fingerprint density at radius 2 is 1.86 bits per heavy atom. The summed E-state index contributed by atoms with van der Waals surface area (Å²) in [5.74, 6) is 1.21. The van der Waals surface area contributed by atoms with Crippen LogP contribution in [0.4, 0.5) is 11.8 Å². The Bertz CT molecular complexity index is 588. The van der Waals surface area contributed by atoms with Gasteiger partial charge in [-0.3, -0.25) is 0 Å². The summed E-state index contributed by atoms with van der Waals surface area (Å²) in [5.41, 5.74) is 9.32. The first-order valence-electron chi connectivity index (χ1n) is 7.71. The Labute approximate surface area is 146 Å². The van der Waals surface area contributed by atoms with Crippen LogP contribution in [-0.4, -0.2) is 16.5 Å². The molecule has 118 valence electrons. The first-order valence-corrected chi connectivity index (χ1v) is 8.79. The Morgan fingerprint density at radius 1 is 1.14 bits per heavy atom. The Hall–Kier alpha value is -1.37. The number of rotatable bonds is 7. The minimum atomic E-state index is 0.573. The maximum absolute atomic E-state index is 6.14. The summed E-state index contributed by atoms with van der Waals surface area (Å²) in [4.78, 5) is 8.94.